The van der Waals surface area contributed by atoms with E-state index in [0.29, 0.717) is 17.2 Å². The van der Waals surface area contributed by atoms with Crippen LogP contribution in [0.25, 0.3) is 11.0 Å². The van der Waals surface area contributed by atoms with Crippen molar-refractivity contribution in [2.75, 3.05) is 5.32 Å². The fourth-order valence-corrected chi connectivity index (χ4v) is 2.92. The molecule has 7 heteroatoms. The number of hydrogen-bond acceptors (Lipinski definition) is 4. The van der Waals surface area contributed by atoms with E-state index in [1.807, 2.05) is 36.9 Å². The molecule has 0 aliphatic rings. The topological polar surface area (TPSA) is 72.1 Å². The van der Waals surface area contributed by atoms with Crippen LogP contribution in [0.1, 0.15) is 23.7 Å². The van der Waals surface area contributed by atoms with Crippen molar-refractivity contribution in [2.45, 2.75) is 33.9 Å². The van der Waals surface area contributed by atoms with Gasteiger partial charge in [0.05, 0.1) is 6.20 Å². The zero-order valence-electron chi connectivity index (χ0n) is 14.4. The van der Waals surface area contributed by atoms with Gasteiger partial charge >= 0.3 is 5.63 Å². The maximum atomic E-state index is 11.5. The van der Waals surface area contributed by atoms with Gasteiger partial charge in [-0.25, -0.2) is 4.79 Å². The summed E-state index contributed by atoms with van der Waals surface area (Å²) in [6.07, 6.45) is 1.85. The molecule has 0 atom stereocenters. The van der Waals surface area contributed by atoms with Crippen LogP contribution < -0.4 is 16.3 Å². The Balaban J connectivity index is 1.69. The van der Waals surface area contributed by atoms with Crippen molar-refractivity contribution in [2.24, 2.45) is 0 Å². The van der Waals surface area contributed by atoms with E-state index in [2.05, 4.69) is 22.7 Å². The molecule has 3 aromatic rings. The highest BCUT2D eigenvalue weighted by Crippen LogP contribution is 2.20. The van der Waals surface area contributed by atoms with E-state index in [1.54, 1.807) is 6.07 Å². The SMILES string of the molecule is CCn1ncc(CNC(=S)Nc2ccc3c(C)cc(=O)oc3c2)c1C. The van der Waals surface area contributed by atoms with Gasteiger partial charge in [0.2, 0.25) is 0 Å². The van der Waals surface area contributed by atoms with Crippen molar-refractivity contribution >= 4 is 34.0 Å². The van der Waals surface area contributed by atoms with E-state index in [1.165, 1.54) is 6.07 Å². The minimum absolute atomic E-state index is 0.355. The van der Waals surface area contributed by atoms with Gasteiger partial charge in [0.15, 0.2) is 5.11 Å². The molecule has 0 saturated heterocycles. The summed E-state index contributed by atoms with van der Waals surface area (Å²) in [6, 6.07) is 7.08. The third kappa shape index (κ3) is 3.71. The molecule has 0 fully saturated rings. The Labute approximate surface area is 150 Å². The van der Waals surface area contributed by atoms with E-state index < -0.39 is 0 Å². The molecule has 0 unspecified atom stereocenters. The minimum Gasteiger partial charge on any atom is -0.423 e. The Morgan fingerprint density at radius 1 is 1.32 bits per heavy atom. The van der Waals surface area contributed by atoms with Crippen LogP contribution in [-0.4, -0.2) is 14.9 Å². The Bertz CT molecular complexity index is 990. The molecule has 3 rings (SSSR count). The summed E-state index contributed by atoms with van der Waals surface area (Å²) in [7, 11) is 0. The number of aromatic nitrogens is 2. The number of thiocarbonyl (C=S) groups is 1. The van der Waals surface area contributed by atoms with Crippen molar-refractivity contribution in [3.63, 3.8) is 0 Å². The van der Waals surface area contributed by atoms with Crippen molar-refractivity contribution in [3.05, 3.63) is 57.7 Å². The van der Waals surface area contributed by atoms with Gasteiger partial charge in [-0.15, -0.1) is 0 Å². The van der Waals surface area contributed by atoms with Gasteiger partial charge in [-0.2, -0.15) is 5.10 Å². The van der Waals surface area contributed by atoms with Crippen LogP contribution in [0.4, 0.5) is 5.69 Å². The largest absolute Gasteiger partial charge is 0.423 e. The van der Waals surface area contributed by atoms with Crippen LogP contribution in [0, 0.1) is 13.8 Å². The smallest absolute Gasteiger partial charge is 0.336 e. The number of nitrogens with one attached hydrogen (secondary N) is 2. The second kappa shape index (κ2) is 7.06. The first-order chi connectivity index (χ1) is 12.0. The predicted molar refractivity (Wildman–Crippen MR) is 103 cm³/mol. The second-order valence-corrected chi connectivity index (χ2v) is 6.25. The standard InChI is InChI=1S/C18H20N4O2S/c1-4-22-12(3)13(10-20-22)9-19-18(25)21-14-5-6-15-11(2)7-17(23)24-16(15)8-14/h5-8,10H,4,9H2,1-3H3,(H2,19,21,25). The molecule has 0 aliphatic carbocycles. The quantitative estimate of drug-likeness (QED) is 0.553. The van der Waals surface area contributed by atoms with Crippen LogP contribution in [0.3, 0.4) is 0 Å². The number of aryl methyl sites for hydroxylation is 2. The molecule has 2 heterocycles. The minimum atomic E-state index is -0.355. The normalized spacial score (nSPS) is 10.8. The molecule has 0 aliphatic heterocycles. The number of anilines is 1. The molecule has 0 radical (unpaired) electrons. The van der Waals surface area contributed by atoms with E-state index in [4.69, 9.17) is 16.6 Å². The fraction of sp³-hybridized carbons (Fsp3) is 0.278. The first kappa shape index (κ1) is 17.2. The highest BCUT2D eigenvalue weighted by atomic mass is 32.1. The summed E-state index contributed by atoms with van der Waals surface area (Å²) in [5.41, 5.74) is 4.07. The van der Waals surface area contributed by atoms with E-state index in [-0.39, 0.29) is 5.63 Å². The molecule has 0 saturated carbocycles. The summed E-state index contributed by atoms with van der Waals surface area (Å²) in [6.45, 7) is 7.42. The summed E-state index contributed by atoms with van der Waals surface area (Å²) < 4.78 is 7.20. The fourth-order valence-electron chi connectivity index (χ4n) is 2.73. The summed E-state index contributed by atoms with van der Waals surface area (Å²) in [5.74, 6) is 0. The second-order valence-electron chi connectivity index (χ2n) is 5.84. The van der Waals surface area contributed by atoms with Gasteiger partial charge in [-0.1, -0.05) is 0 Å². The van der Waals surface area contributed by atoms with Crippen LogP contribution in [0.2, 0.25) is 0 Å². The molecule has 0 spiro atoms. The van der Waals surface area contributed by atoms with Gasteiger partial charge in [0.1, 0.15) is 5.58 Å². The number of benzene rings is 1. The van der Waals surface area contributed by atoms with E-state index in [0.717, 1.165) is 34.4 Å². The van der Waals surface area contributed by atoms with Crippen molar-refractivity contribution in [1.29, 1.82) is 0 Å². The number of rotatable bonds is 4. The van der Waals surface area contributed by atoms with Crippen LogP contribution in [-0.2, 0) is 13.1 Å². The lowest BCUT2D eigenvalue weighted by atomic mass is 10.1. The van der Waals surface area contributed by atoms with Crippen LogP contribution in [0.5, 0.6) is 0 Å². The third-order valence-electron chi connectivity index (χ3n) is 4.15. The van der Waals surface area contributed by atoms with Gasteiger partial charge in [-0.3, -0.25) is 4.68 Å². The maximum absolute atomic E-state index is 11.5. The predicted octanol–water partition coefficient (Wildman–Crippen LogP) is 3.11. The Morgan fingerprint density at radius 2 is 2.12 bits per heavy atom. The molecule has 1 aromatic carbocycles. The highest BCUT2D eigenvalue weighted by Gasteiger charge is 2.07. The molecular weight excluding hydrogens is 336 g/mol. The Morgan fingerprint density at radius 3 is 2.84 bits per heavy atom. The van der Waals surface area contributed by atoms with Crippen LogP contribution in [0.15, 0.2) is 39.7 Å². The van der Waals surface area contributed by atoms with Crippen molar-refractivity contribution < 1.29 is 4.42 Å². The molecule has 2 aromatic heterocycles. The van der Waals surface area contributed by atoms with E-state index >= 15 is 0 Å². The maximum Gasteiger partial charge on any atom is 0.336 e. The molecule has 0 amide bonds. The first-order valence-electron chi connectivity index (χ1n) is 8.08. The average molecular weight is 356 g/mol. The molecule has 130 valence electrons. The molecule has 2 N–H and O–H groups in total. The van der Waals surface area contributed by atoms with Gasteiger partial charge in [0.25, 0.3) is 0 Å². The van der Waals surface area contributed by atoms with Crippen LogP contribution >= 0.6 is 12.2 Å². The van der Waals surface area contributed by atoms with Crippen molar-refractivity contribution in [1.82, 2.24) is 15.1 Å². The lowest BCUT2D eigenvalue weighted by Crippen LogP contribution is -2.28. The highest BCUT2D eigenvalue weighted by molar-refractivity contribution is 7.80. The van der Waals surface area contributed by atoms with E-state index in [9.17, 15) is 4.79 Å². The zero-order chi connectivity index (χ0) is 18.0. The molecular formula is C18H20N4O2S. The zero-order valence-corrected chi connectivity index (χ0v) is 15.2. The Kier molecular flexibility index (Phi) is 4.85. The first-order valence-corrected chi connectivity index (χ1v) is 8.49. The third-order valence-corrected chi connectivity index (χ3v) is 4.40. The number of nitrogens with zero attached hydrogens (tertiary/aromatic N) is 2. The molecule has 6 nitrogen and oxygen atoms in total. The lowest BCUT2D eigenvalue weighted by Gasteiger charge is -2.11. The summed E-state index contributed by atoms with van der Waals surface area (Å²) in [4.78, 5) is 11.5. The molecule has 0 bridgehead atoms. The molecule has 25 heavy (non-hydrogen) atoms. The van der Waals surface area contributed by atoms with Gasteiger partial charge < -0.3 is 15.1 Å². The lowest BCUT2D eigenvalue weighted by molar-refractivity contribution is 0.560. The number of hydrogen-bond donors (Lipinski definition) is 2. The Hall–Kier alpha value is -2.67. The number of fused-ring (bicyclic) bond motifs is 1. The average Bonchev–Trinajstić information content (AvgIpc) is 2.92. The summed E-state index contributed by atoms with van der Waals surface area (Å²) >= 11 is 5.35. The van der Waals surface area contributed by atoms with Gasteiger partial charge in [0, 0.05) is 47.6 Å². The summed E-state index contributed by atoms with van der Waals surface area (Å²) in [5, 5.41) is 12.0. The van der Waals surface area contributed by atoms with Gasteiger partial charge in [-0.05, 0) is 50.7 Å². The van der Waals surface area contributed by atoms with Crippen molar-refractivity contribution in [3.8, 4) is 0 Å². The monoisotopic (exact) mass is 356 g/mol.